The number of rotatable bonds is 6. The highest BCUT2D eigenvalue weighted by Gasteiger charge is 2.35. The van der Waals surface area contributed by atoms with Gasteiger partial charge < -0.3 is 5.32 Å². The minimum atomic E-state index is -0.231. The number of aryl methyl sites for hydroxylation is 1. The molecule has 7 heteroatoms. The molecule has 0 aliphatic heterocycles. The highest BCUT2D eigenvalue weighted by Crippen LogP contribution is 2.40. The number of nitrogens with zero attached hydrogens (tertiary/aromatic N) is 3. The number of aromatic nitrogens is 4. The third-order valence-corrected chi connectivity index (χ3v) is 4.61. The van der Waals surface area contributed by atoms with Gasteiger partial charge in [-0.05, 0) is 30.5 Å². The molecule has 122 valence electrons. The highest BCUT2D eigenvalue weighted by molar-refractivity contribution is 5.76. The molecule has 1 aromatic carbocycles. The van der Waals surface area contributed by atoms with E-state index in [-0.39, 0.29) is 17.1 Å². The van der Waals surface area contributed by atoms with Crippen LogP contribution in [0.25, 0.3) is 0 Å². The van der Waals surface area contributed by atoms with E-state index in [9.17, 15) is 9.18 Å². The Morgan fingerprint density at radius 3 is 2.65 bits per heavy atom. The maximum atomic E-state index is 13.2. The van der Waals surface area contributed by atoms with Gasteiger partial charge in [0.2, 0.25) is 5.91 Å². The number of carbonyl (C=O) groups is 1. The van der Waals surface area contributed by atoms with Crippen molar-refractivity contribution in [2.24, 2.45) is 0 Å². The van der Waals surface area contributed by atoms with E-state index in [0.29, 0.717) is 25.2 Å². The van der Waals surface area contributed by atoms with Gasteiger partial charge in [-0.1, -0.05) is 30.2 Å². The Bertz CT molecular complexity index is 635. The summed E-state index contributed by atoms with van der Waals surface area (Å²) in [6.07, 6.45) is 5.10. The number of tetrazole rings is 1. The van der Waals surface area contributed by atoms with E-state index in [0.717, 1.165) is 31.2 Å². The fraction of sp³-hybridized carbons (Fsp3) is 0.500. The first-order valence-electron chi connectivity index (χ1n) is 7.93. The van der Waals surface area contributed by atoms with Crippen LogP contribution in [0.15, 0.2) is 24.3 Å². The minimum Gasteiger partial charge on any atom is -0.355 e. The zero-order chi connectivity index (χ0) is 16.1. The largest absolute Gasteiger partial charge is 0.355 e. The first-order valence-corrected chi connectivity index (χ1v) is 7.93. The van der Waals surface area contributed by atoms with Gasteiger partial charge >= 0.3 is 0 Å². The number of amides is 1. The molecule has 1 heterocycles. The monoisotopic (exact) mass is 317 g/mol. The molecule has 1 saturated carbocycles. The van der Waals surface area contributed by atoms with Gasteiger partial charge in [0.25, 0.3) is 0 Å². The van der Waals surface area contributed by atoms with Crippen LogP contribution in [0.4, 0.5) is 4.39 Å². The average molecular weight is 317 g/mol. The predicted molar refractivity (Wildman–Crippen MR) is 82.1 cm³/mol. The summed E-state index contributed by atoms with van der Waals surface area (Å²) in [5, 5.41) is 16.5. The molecule has 0 saturated heterocycles. The smallest absolute Gasteiger partial charge is 0.220 e. The lowest BCUT2D eigenvalue weighted by Crippen LogP contribution is -2.39. The first kappa shape index (κ1) is 15.6. The van der Waals surface area contributed by atoms with E-state index in [1.54, 1.807) is 0 Å². The third kappa shape index (κ3) is 3.72. The van der Waals surface area contributed by atoms with E-state index in [4.69, 9.17) is 0 Å². The lowest BCUT2D eigenvalue weighted by Gasteiger charge is -2.30. The molecule has 0 atom stereocenters. The number of hydrogen-bond acceptors (Lipinski definition) is 4. The Labute approximate surface area is 133 Å². The molecular formula is C16H20FN5O. The Morgan fingerprint density at radius 2 is 2.00 bits per heavy atom. The molecule has 0 spiro atoms. The molecule has 1 aliphatic carbocycles. The van der Waals surface area contributed by atoms with Crippen LogP contribution >= 0.6 is 0 Å². The maximum absolute atomic E-state index is 13.2. The topological polar surface area (TPSA) is 83.6 Å². The molecule has 1 aromatic heterocycles. The Kier molecular flexibility index (Phi) is 4.64. The lowest BCUT2D eigenvalue weighted by atomic mass is 9.79. The Morgan fingerprint density at radius 1 is 1.26 bits per heavy atom. The van der Waals surface area contributed by atoms with Crippen LogP contribution < -0.4 is 5.32 Å². The van der Waals surface area contributed by atoms with E-state index in [1.165, 1.54) is 12.1 Å². The molecule has 2 aromatic rings. The van der Waals surface area contributed by atoms with Gasteiger partial charge in [-0.2, -0.15) is 5.21 Å². The molecule has 1 fully saturated rings. The number of halogens is 1. The summed E-state index contributed by atoms with van der Waals surface area (Å²) in [5.74, 6) is 0.281. The van der Waals surface area contributed by atoms with Crippen molar-refractivity contribution in [1.29, 1.82) is 0 Å². The second kappa shape index (κ2) is 6.85. The maximum Gasteiger partial charge on any atom is 0.220 e. The number of aromatic amines is 1. The summed E-state index contributed by atoms with van der Waals surface area (Å²) >= 11 is 0. The van der Waals surface area contributed by atoms with Crippen LogP contribution in [0.2, 0.25) is 0 Å². The molecule has 23 heavy (non-hydrogen) atoms. The van der Waals surface area contributed by atoms with Crippen LogP contribution in [0.3, 0.4) is 0 Å². The Balaban J connectivity index is 1.59. The van der Waals surface area contributed by atoms with Crippen molar-refractivity contribution >= 4 is 5.91 Å². The molecule has 1 aliphatic rings. The molecule has 0 radical (unpaired) electrons. The standard InChI is InChI=1S/C16H20FN5O/c17-13-5-3-12(4-6-13)16(9-1-2-10-16)11-18-15(23)8-7-14-19-21-22-20-14/h3-6H,1-2,7-11H2,(H,18,23)(H,19,20,21,22). The van der Waals surface area contributed by atoms with Gasteiger partial charge in [0.1, 0.15) is 5.82 Å². The van der Waals surface area contributed by atoms with Crippen LogP contribution in [0.1, 0.15) is 43.5 Å². The van der Waals surface area contributed by atoms with Crippen molar-refractivity contribution in [3.05, 3.63) is 41.5 Å². The van der Waals surface area contributed by atoms with E-state index >= 15 is 0 Å². The zero-order valence-electron chi connectivity index (χ0n) is 12.9. The number of benzene rings is 1. The number of H-pyrrole nitrogens is 1. The van der Waals surface area contributed by atoms with Crippen molar-refractivity contribution in [2.75, 3.05) is 6.54 Å². The van der Waals surface area contributed by atoms with E-state index in [1.807, 2.05) is 12.1 Å². The summed E-state index contributed by atoms with van der Waals surface area (Å²) in [5.41, 5.74) is 1.03. The molecule has 2 N–H and O–H groups in total. The summed E-state index contributed by atoms with van der Waals surface area (Å²) in [6, 6.07) is 6.67. The SMILES string of the molecule is O=C(CCc1nn[nH]n1)NCC1(c2ccc(F)cc2)CCCC1. The lowest BCUT2D eigenvalue weighted by molar-refractivity contribution is -0.121. The summed E-state index contributed by atoms with van der Waals surface area (Å²) in [4.78, 5) is 12.1. The van der Waals surface area contributed by atoms with Crippen LogP contribution in [0, 0.1) is 5.82 Å². The second-order valence-electron chi connectivity index (χ2n) is 6.10. The van der Waals surface area contributed by atoms with Crippen LogP contribution in [-0.4, -0.2) is 33.1 Å². The number of nitrogens with one attached hydrogen (secondary N) is 2. The third-order valence-electron chi connectivity index (χ3n) is 4.61. The van der Waals surface area contributed by atoms with E-state index in [2.05, 4.69) is 25.9 Å². The van der Waals surface area contributed by atoms with E-state index < -0.39 is 0 Å². The number of hydrogen-bond donors (Lipinski definition) is 2. The van der Waals surface area contributed by atoms with Gasteiger partial charge in [-0.15, -0.1) is 10.2 Å². The molecule has 1 amide bonds. The molecule has 6 nitrogen and oxygen atoms in total. The molecule has 0 unspecified atom stereocenters. The molecule has 3 rings (SSSR count). The van der Waals surface area contributed by atoms with Gasteiger partial charge in [0, 0.05) is 24.8 Å². The van der Waals surface area contributed by atoms with Crippen molar-refractivity contribution in [1.82, 2.24) is 25.9 Å². The molecule has 0 bridgehead atoms. The summed E-state index contributed by atoms with van der Waals surface area (Å²) in [6.45, 7) is 0.587. The van der Waals surface area contributed by atoms with Crippen molar-refractivity contribution < 1.29 is 9.18 Å². The minimum absolute atomic E-state index is 0.0248. The van der Waals surface area contributed by atoms with Gasteiger partial charge in [-0.25, -0.2) is 4.39 Å². The fourth-order valence-corrected chi connectivity index (χ4v) is 3.29. The predicted octanol–water partition coefficient (Wildman–Crippen LogP) is 1.90. The summed E-state index contributed by atoms with van der Waals surface area (Å²) in [7, 11) is 0. The molecular weight excluding hydrogens is 297 g/mol. The quantitative estimate of drug-likeness (QED) is 0.852. The Hall–Kier alpha value is -2.31. The van der Waals surface area contributed by atoms with Crippen molar-refractivity contribution in [2.45, 2.75) is 43.9 Å². The van der Waals surface area contributed by atoms with Crippen molar-refractivity contribution in [3.63, 3.8) is 0 Å². The van der Waals surface area contributed by atoms with Crippen LogP contribution in [0.5, 0.6) is 0 Å². The normalized spacial score (nSPS) is 16.4. The van der Waals surface area contributed by atoms with Gasteiger partial charge in [0.05, 0.1) is 0 Å². The first-order chi connectivity index (χ1) is 11.2. The average Bonchev–Trinajstić information content (AvgIpc) is 3.24. The highest BCUT2D eigenvalue weighted by atomic mass is 19.1. The van der Waals surface area contributed by atoms with Crippen LogP contribution in [-0.2, 0) is 16.6 Å². The summed E-state index contributed by atoms with van der Waals surface area (Å²) < 4.78 is 13.2. The number of carbonyl (C=O) groups excluding carboxylic acids is 1. The van der Waals surface area contributed by atoms with Gasteiger partial charge in [0.15, 0.2) is 5.82 Å². The fourth-order valence-electron chi connectivity index (χ4n) is 3.29. The van der Waals surface area contributed by atoms with Crippen molar-refractivity contribution in [3.8, 4) is 0 Å². The second-order valence-corrected chi connectivity index (χ2v) is 6.10. The zero-order valence-corrected chi connectivity index (χ0v) is 12.9. The van der Waals surface area contributed by atoms with Gasteiger partial charge in [-0.3, -0.25) is 4.79 Å².